The van der Waals surface area contributed by atoms with Crippen LogP contribution in [-0.4, -0.2) is 36.7 Å². The first-order chi connectivity index (χ1) is 6.31. The van der Waals surface area contributed by atoms with Gasteiger partial charge in [0.25, 0.3) is 0 Å². The summed E-state index contributed by atoms with van der Waals surface area (Å²) in [6.07, 6.45) is 6.20. The van der Waals surface area contributed by atoms with Crippen LogP contribution in [0.3, 0.4) is 0 Å². The first-order valence-corrected chi connectivity index (χ1v) is 5.67. The third-order valence-electron chi connectivity index (χ3n) is 4.26. The maximum absolute atomic E-state index is 5.61. The molecule has 2 saturated heterocycles. The summed E-state index contributed by atoms with van der Waals surface area (Å²) in [5, 5.41) is 0. The second-order valence-electron chi connectivity index (χ2n) is 5.13. The number of hydrogen-bond acceptors (Lipinski definition) is 2. The van der Waals surface area contributed by atoms with Crippen molar-refractivity contribution < 1.29 is 4.74 Å². The predicted molar refractivity (Wildman–Crippen MR) is 51.7 cm³/mol. The Hall–Kier alpha value is -0.0800. The van der Waals surface area contributed by atoms with Crippen LogP contribution < -0.4 is 0 Å². The van der Waals surface area contributed by atoms with E-state index in [1.165, 1.54) is 38.8 Å². The molecule has 0 spiro atoms. The molecule has 1 saturated carbocycles. The minimum Gasteiger partial charge on any atom is -0.375 e. The number of hydrogen-bond donors (Lipinski definition) is 0. The molecule has 2 bridgehead atoms. The van der Waals surface area contributed by atoms with Crippen molar-refractivity contribution in [3.63, 3.8) is 0 Å². The van der Waals surface area contributed by atoms with Crippen LogP contribution in [0.2, 0.25) is 0 Å². The van der Waals surface area contributed by atoms with E-state index in [-0.39, 0.29) is 0 Å². The molecule has 2 atom stereocenters. The number of likely N-dealkylation sites (tertiary alicyclic amines) is 1. The van der Waals surface area contributed by atoms with E-state index in [0.717, 1.165) is 18.1 Å². The maximum atomic E-state index is 5.61. The van der Waals surface area contributed by atoms with E-state index in [1.807, 2.05) is 0 Å². The van der Waals surface area contributed by atoms with Crippen molar-refractivity contribution in [3.05, 3.63) is 0 Å². The number of nitrogens with zero attached hydrogens (tertiary/aromatic N) is 1. The van der Waals surface area contributed by atoms with Crippen LogP contribution in [-0.2, 0) is 4.74 Å². The molecule has 2 aliphatic heterocycles. The molecule has 0 N–H and O–H groups in total. The van der Waals surface area contributed by atoms with Crippen LogP contribution in [0.5, 0.6) is 0 Å². The topological polar surface area (TPSA) is 12.5 Å². The molecule has 2 heteroatoms. The van der Waals surface area contributed by atoms with Crippen molar-refractivity contribution >= 4 is 0 Å². The van der Waals surface area contributed by atoms with Crippen molar-refractivity contribution in [2.45, 2.75) is 44.8 Å². The second kappa shape index (κ2) is 2.71. The van der Waals surface area contributed by atoms with E-state index >= 15 is 0 Å². The van der Waals surface area contributed by atoms with Gasteiger partial charge in [0.15, 0.2) is 0 Å². The highest BCUT2D eigenvalue weighted by Gasteiger charge is 2.47. The van der Waals surface area contributed by atoms with Gasteiger partial charge >= 0.3 is 0 Å². The Morgan fingerprint density at radius 1 is 1.46 bits per heavy atom. The third kappa shape index (κ3) is 1.31. The molecule has 0 aromatic heterocycles. The van der Waals surface area contributed by atoms with Crippen molar-refractivity contribution in [1.82, 2.24) is 4.90 Å². The Morgan fingerprint density at radius 3 is 2.77 bits per heavy atom. The number of morpholine rings is 1. The third-order valence-corrected chi connectivity index (χ3v) is 4.26. The summed E-state index contributed by atoms with van der Waals surface area (Å²) in [6, 6.07) is 0.772. The zero-order valence-corrected chi connectivity index (χ0v) is 8.46. The molecule has 0 unspecified atom stereocenters. The molecule has 74 valence electrons. The number of ether oxygens (including phenoxy) is 1. The molecule has 3 fully saturated rings. The summed E-state index contributed by atoms with van der Waals surface area (Å²) < 4.78 is 5.61. The first-order valence-electron chi connectivity index (χ1n) is 5.67. The standard InChI is InChI=1S/C11H19NO/c1-2-11(3-4-11)8-12-6-10-5-9(12)7-13-10/h9-10H,2-8H2,1H3/t9-,10-/m1/s1. The molecule has 3 rings (SSSR count). The van der Waals surface area contributed by atoms with Gasteiger partial charge < -0.3 is 4.74 Å². The molecule has 0 radical (unpaired) electrons. The lowest BCUT2D eigenvalue weighted by atomic mass is 10.0. The Balaban J connectivity index is 1.62. The zero-order chi connectivity index (χ0) is 8.89. The Labute approximate surface area is 80.2 Å². The van der Waals surface area contributed by atoms with Gasteiger partial charge in [-0.05, 0) is 31.1 Å². The van der Waals surface area contributed by atoms with Crippen LogP contribution in [0, 0.1) is 5.41 Å². The fourth-order valence-electron chi connectivity index (χ4n) is 2.90. The molecule has 2 nitrogen and oxygen atoms in total. The van der Waals surface area contributed by atoms with E-state index < -0.39 is 0 Å². The van der Waals surface area contributed by atoms with Gasteiger partial charge in [0.2, 0.25) is 0 Å². The monoisotopic (exact) mass is 181 g/mol. The summed E-state index contributed by atoms with van der Waals surface area (Å²) in [4.78, 5) is 2.69. The highest BCUT2D eigenvalue weighted by molar-refractivity contribution is 4.99. The van der Waals surface area contributed by atoms with Gasteiger partial charge in [-0.3, -0.25) is 4.90 Å². The lowest BCUT2D eigenvalue weighted by molar-refractivity contribution is 0.0219. The average molecular weight is 181 g/mol. The lowest BCUT2D eigenvalue weighted by Crippen LogP contribution is -2.40. The smallest absolute Gasteiger partial charge is 0.0718 e. The van der Waals surface area contributed by atoms with Crippen LogP contribution in [0.25, 0.3) is 0 Å². The van der Waals surface area contributed by atoms with E-state index in [9.17, 15) is 0 Å². The predicted octanol–water partition coefficient (Wildman–Crippen LogP) is 1.65. The van der Waals surface area contributed by atoms with Gasteiger partial charge in [0, 0.05) is 19.1 Å². The average Bonchev–Trinajstić information content (AvgIpc) is 2.62. The largest absolute Gasteiger partial charge is 0.375 e. The molecule has 3 aliphatic rings. The SMILES string of the molecule is CCC1(CN2C[C@H]3C[C@@H]2CO3)CC1. The maximum Gasteiger partial charge on any atom is 0.0718 e. The van der Waals surface area contributed by atoms with E-state index in [4.69, 9.17) is 4.74 Å². The molecule has 13 heavy (non-hydrogen) atoms. The van der Waals surface area contributed by atoms with Gasteiger partial charge in [0.05, 0.1) is 12.7 Å². The fourth-order valence-corrected chi connectivity index (χ4v) is 2.90. The van der Waals surface area contributed by atoms with Crippen molar-refractivity contribution in [3.8, 4) is 0 Å². The molecule has 0 aromatic carbocycles. The normalized spacial score (nSPS) is 41.3. The number of fused-ring (bicyclic) bond motifs is 2. The van der Waals surface area contributed by atoms with Crippen molar-refractivity contribution in [2.75, 3.05) is 19.7 Å². The van der Waals surface area contributed by atoms with Crippen molar-refractivity contribution in [1.29, 1.82) is 0 Å². The molecular formula is C11H19NO. The van der Waals surface area contributed by atoms with Crippen molar-refractivity contribution in [2.24, 2.45) is 5.41 Å². The van der Waals surface area contributed by atoms with E-state index in [2.05, 4.69) is 11.8 Å². The van der Waals surface area contributed by atoms with Crippen LogP contribution in [0.15, 0.2) is 0 Å². The highest BCUT2D eigenvalue weighted by atomic mass is 16.5. The first kappa shape index (κ1) is 8.25. The summed E-state index contributed by atoms with van der Waals surface area (Å²) in [6.45, 7) is 5.92. The van der Waals surface area contributed by atoms with E-state index in [0.29, 0.717) is 6.10 Å². The molecular weight excluding hydrogens is 162 g/mol. The molecule has 0 aromatic rings. The van der Waals surface area contributed by atoms with Gasteiger partial charge in [0.1, 0.15) is 0 Å². The molecule has 1 aliphatic carbocycles. The lowest BCUT2D eigenvalue weighted by Gasteiger charge is -2.30. The second-order valence-corrected chi connectivity index (χ2v) is 5.13. The van der Waals surface area contributed by atoms with Crippen LogP contribution in [0.4, 0.5) is 0 Å². The Bertz CT molecular complexity index is 212. The minimum atomic E-state index is 0.581. The summed E-state index contributed by atoms with van der Waals surface area (Å²) in [5.74, 6) is 0. The molecule has 0 amide bonds. The van der Waals surface area contributed by atoms with Gasteiger partial charge in [-0.25, -0.2) is 0 Å². The summed E-state index contributed by atoms with van der Waals surface area (Å²) >= 11 is 0. The molecule has 2 heterocycles. The minimum absolute atomic E-state index is 0.581. The fraction of sp³-hybridized carbons (Fsp3) is 1.00. The zero-order valence-electron chi connectivity index (χ0n) is 8.46. The van der Waals surface area contributed by atoms with E-state index in [1.54, 1.807) is 0 Å². The van der Waals surface area contributed by atoms with Gasteiger partial charge in [-0.1, -0.05) is 6.92 Å². The number of rotatable bonds is 3. The Morgan fingerprint density at radius 2 is 2.31 bits per heavy atom. The Kier molecular flexibility index (Phi) is 1.72. The van der Waals surface area contributed by atoms with Gasteiger partial charge in [-0.2, -0.15) is 0 Å². The van der Waals surface area contributed by atoms with Crippen LogP contribution >= 0.6 is 0 Å². The highest BCUT2D eigenvalue weighted by Crippen LogP contribution is 2.50. The quantitative estimate of drug-likeness (QED) is 0.656. The van der Waals surface area contributed by atoms with Crippen LogP contribution in [0.1, 0.15) is 32.6 Å². The van der Waals surface area contributed by atoms with Gasteiger partial charge in [-0.15, -0.1) is 0 Å². The summed E-state index contributed by atoms with van der Waals surface area (Å²) in [7, 11) is 0. The summed E-state index contributed by atoms with van der Waals surface area (Å²) in [5.41, 5.74) is 0.727.